The average Bonchev–Trinajstić information content (AvgIpc) is 3.12. The van der Waals surface area contributed by atoms with Crippen molar-refractivity contribution >= 4 is 5.91 Å². The number of hydrogen-bond donors (Lipinski definition) is 0. The van der Waals surface area contributed by atoms with Crippen LogP contribution < -0.4 is 0 Å². The molecule has 3 heteroatoms. The first-order valence-electron chi connectivity index (χ1n) is 6.79. The third-order valence-electron chi connectivity index (χ3n) is 3.73. The maximum Gasteiger partial charge on any atom is 0.253 e. The first-order chi connectivity index (χ1) is 9.25. The molecule has 2 heterocycles. The van der Waals surface area contributed by atoms with Gasteiger partial charge in [0.15, 0.2) is 0 Å². The summed E-state index contributed by atoms with van der Waals surface area (Å²) in [7, 11) is 0. The highest BCUT2D eigenvalue weighted by Gasteiger charge is 2.20. The van der Waals surface area contributed by atoms with Crippen molar-refractivity contribution < 1.29 is 4.79 Å². The molecule has 0 radical (unpaired) electrons. The van der Waals surface area contributed by atoms with Gasteiger partial charge in [0.2, 0.25) is 0 Å². The monoisotopic (exact) mass is 254 g/mol. The van der Waals surface area contributed by atoms with Crippen molar-refractivity contribution in [1.82, 2.24) is 9.47 Å². The van der Waals surface area contributed by atoms with E-state index >= 15 is 0 Å². The van der Waals surface area contributed by atoms with Crippen molar-refractivity contribution in [2.45, 2.75) is 19.8 Å². The van der Waals surface area contributed by atoms with Gasteiger partial charge in [0.25, 0.3) is 5.91 Å². The molecule has 1 aromatic heterocycles. The quantitative estimate of drug-likeness (QED) is 0.808. The Bertz CT molecular complexity index is 581. The van der Waals surface area contributed by atoms with E-state index in [1.165, 1.54) is 5.56 Å². The molecule has 19 heavy (non-hydrogen) atoms. The second-order valence-electron chi connectivity index (χ2n) is 5.09. The lowest BCUT2D eigenvalue weighted by atomic mass is 10.1. The van der Waals surface area contributed by atoms with E-state index in [0.29, 0.717) is 0 Å². The number of carbonyl (C=O) groups excluding carboxylic acids is 1. The maximum absolute atomic E-state index is 12.4. The maximum atomic E-state index is 12.4. The molecule has 1 fully saturated rings. The van der Waals surface area contributed by atoms with Crippen molar-refractivity contribution in [1.29, 1.82) is 0 Å². The van der Waals surface area contributed by atoms with E-state index in [9.17, 15) is 4.79 Å². The van der Waals surface area contributed by atoms with Crippen molar-refractivity contribution in [2.75, 3.05) is 13.1 Å². The van der Waals surface area contributed by atoms with Gasteiger partial charge in [0.1, 0.15) is 0 Å². The Balaban J connectivity index is 1.95. The highest BCUT2D eigenvalue weighted by molar-refractivity contribution is 5.95. The topological polar surface area (TPSA) is 25.2 Å². The van der Waals surface area contributed by atoms with Gasteiger partial charge in [-0.15, -0.1) is 0 Å². The summed E-state index contributed by atoms with van der Waals surface area (Å²) in [4.78, 5) is 14.3. The molecule has 0 atom stereocenters. The number of likely N-dealkylation sites (tertiary alicyclic amines) is 1. The summed E-state index contributed by atoms with van der Waals surface area (Å²) < 4.78 is 2.05. The molecule has 1 saturated heterocycles. The minimum absolute atomic E-state index is 0.158. The number of benzene rings is 1. The summed E-state index contributed by atoms with van der Waals surface area (Å²) in [6, 6.07) is 9.94. The predicted octanol–water partition coefficient (Wildman–Crippen LogP) is 3.02. The van der Waals surface area contributed by atoms with Crippen LogP contribution in [-0.2, 0) is 0 Å². The van der Waals surface area contributed by atoms with Crippen molar-refractivity contribution in [3.63, 3.8) is 0 Å². The first-order valence-corrected chi connectivity index (χ1v) is 6.79. The van der Waals surface area contributed by atoms with Gasteiger partial charge in [-0.2, -0.15) is 0 Å². The Morgan fingerprint density at radius 3 is 2.47 bits per heavy atom. The van der Waals surface area contributed by atoms with Crippen LogP contribution in [0, 0.1) is 6.92 Å². The molecule has 0 spiro atoms. The fraction of sp³-hybridized carbons (Fsp3) is 0.312. The molecule has 98 valence electrons. The third-order valence-corrected chi connectivity index (χ3v) is 3.73. The highest BCUT2D eigenvalue weighted by Crippen LogP contribution is 2.19. The lowest BCUT2D eigenvalue weighted by molar-refractivity contribution is 0.0793. The minimum atomic E-state index is 0.158. The summed E-state index contributed by atoms with van der Waals surface area (Å²) in [5.74, 6) is 0.158. The molecule has 0 aliphatic carbocycles. The molecular weight excluding hydrogens is 236 g/mol. The number of nitrogens with zero attached hydrogens (tertiary/aromatic N) is 2. The lowest BCUT2D eigenvalue weighted by Crippen LogP contribution is -2.27. The van der Waals surface area contributed by atoms with Crippen molar-refractivity contribution in [2.24, 2.45) is 0 Å². The number of carbonyl (C=O) groups is 1. The average molecular weight is 254 g/mol. The Morgan fingerprint density at radius 1 is 1.11 bits per heavy atom. The smallest absolute Gasteiger partial charge is 0.253 e. The van der Waals surface area contributed by atoms with Crippen LogP contribution in [0.4, 0.5) is 0 Å². The van der Waals surface area contributed by atoms with Crippen LogP contribution in [0.3, 0.4) is 0 Å². The fourth-order valence-electron chi connectivity index (χ4n) is 2.62. The van der Waals surface area contributed by atoms with Gasteiger partial charge in [0.05, 0.1) is 0 Å². The minimum Gasteiger partial charge on any atom is -0.339 e. The van der Waals surface area contributed by atoms with Gasteiger partial charge in [-0.05, 0) is 49.6 Å². The van der Waals surface area contributed by atoms with Gasteiger partial charge >= 0.3 is 0 Å². The zero-order valence-corrected chi connectivity index (χ0v) is 11.2. The second-order valence-corrected chi connectivity index (χ2v) is 5.09. The molecule has 0 unspecified atom stereocenters. The van der Waals surface area contributed by atoms with E-state index in [1.807, 2.05) is 47.6 Å². The first kappa shape index (κ1) is 12.0. The number of aryl methyl sites for hydroxylation is 1. The highest BCUT2D eigenvalue weighted by atomic mass is 16.2. The molecule has 0 N–H and O–H groups in total. The standard InChI is InChI=1S/C16H18N2O/c1-13-6-7-14(16(19)18-10-4-5-11-18)12-15(13)17-8-2-3-9-17/h2-3,6-9,12H,4-5,10-11H2,1H3. The zero-order chi connectivity index (χ0) is 13.2. The van der Waals surface area contributed by atoms with Gasteiger partial charge in [0, 0.05) is 36.7 Å². The van der Waals surface area contributed by atoms with Crippen molar-refractivity contribution in [3.05, 3.63) is 53.9 Å². The van der Waals surface area contributed by atoms with Crippen LogP contribution in [0.25, 0.3) is 5.69 Å². The van der Waals surface area contributed by atoms with E-state index in [4.69, 9.17) is 0 Å². The Kier molecular flexibility index (Phi) is 3.11. The molecule has 1 aromatic carbocycles. The fourth-order valence-corrected chi connectivity index (χ4v) is 2.62. The normalized spacial score (nSPS) is 14.9. The molecular formula is C16H18N2O. The van der Waals surface area contributed by atoms with E-state index < -0.39 is 0 Å². The number of hydrogen-bond acceptors (Lipinski definition) is 1. The van der Waals surface area contributed by atoms with Crippen molar-refractivity contribution in [3.8, 4) is 5.69 Å². The molecule has 0 bridgehead atoms. The summed E-state index contributed by atoms with van der Waals surface area (Å²) in [5, 5.41) is 0. The molecule has 3 nitrogen and oxygen atoms in total. The molecule has 1 aliphatic rings. The molecule has 3 rings (SSSR count). The van der Waals surface area contributed by atoms with Crippen LogP contribution in [0.1, 0.15) is 28.8 Å². The van der Waals surface area contributed by atoms with E-state index in [0.717, 1.165) is 37.2 Å². The SMILES string of the molecule is Cc1ccc(C(=O)N2CCCC2)cc1-n1cccc1. The Morgan fingerprint density at radius 2 is 1.79 bits per heavy atom. The summed E-state index contributed by atoms with van der Waals surface area (Å²) in [6.07, 6.45) is 6.27. The number of amides is 1. The molecule has 0 saturated carbocycles. The van der Waals surface area contributed by atoms with Crippen LogP contribution in [0.2, 0.25) is 0 Å². The zero-order valence-electron chi connectivity index (χ0n) is 11.2. The van der Waals surface area contributed by atoms with Crippen LogP contribution in [0.5, 0.6) is 0 Å². The van der Waals surface area contributed by atoms with E-state index in [1.54, 1.807) is 0 Å². The van der Waals surface area contributed by atoms with Crippen LogP contribution in [0.15, 0.2) is 42.7 Å². The molecule has 1 amide bonds. The number of rotatable bonds is 2. The van der Waals surface area contributed by atoms with Crippen LogP contribution in [-0.4, -0.2) is 28.5 Å². The summed E-state index contributed by atoms with van der Waals surface area (Å²) in [5.41, 5.74) is 3.04. The van der Waals surface area contributed by atoms with Gasteiger partial charge in [-0.3, -0.25) is 4.79 Å². The van der Waals surface area contributed by atoms with Gasteiger partial charge in [-0.1, -0.05) is 6.07 Å². The second kappa shape index (κ2) is 4.92. The van der Waals surface area contributed by atoms with E-state index in [-0.39, 0.29) is 5.91 Å². The third kappa shape index (κ3) is 2.28. The molecule has 1 aliphatic heterocycles. The Labute approximate surface area is 113 Å². The molecule has 2 aromatic rings. The lowest BCUT2D eigenvalue weighted by Gasteiger charge is -2.16. The van der Waals surface area contributed by atoms with Gasteiger partial charge < -0.3 is 9.47 Å². The predicted molar refractivity (Wildman–Crippen MR) is 75.6 cm³/mol. The summed E-state index contributed by atoms with van der Waals surface area (Å²) in [6.45, 7) is 3.86. The van der Waals surface area contributed by atoms with Crippen LogP contribution >= 0.6 is 0 Å². The van der Waals surface area contributed by atoms with E-state index in [2.05, 4.69) is 11.5 Å². The largest absolute Gasteiger partial charge is 0.339 e. The number of aromatic nitrogens is 1. The Hall–Kier alpha value is -2.03. The van der Waals surface area contributed by atoms with Gasteiger partial charge in [-0.25, -0.2) is 0 Å². The summed E-state index contributed by atoms with van der Waals surface area (Å²) >= 11 is 0.